The van der Waals surface area contributed by atoms with Crippen molar-refractivity contribution in [1.82, 2.24) is 0 Å². The number of hydrogen-bond donors (Lipinski definition) is 0. The van der Waals surface area contributed by atoms with Crippen LogP contribution in [-0.4, -0.2) is 19.3 Å². The lowest BCUT2D eigenvalue weighted by Gasteiger charge is -2.44. The van der Waals surface area contributed by atoms with Gasteiger partial charge in [0.1, 0.15) is 7.12 Å². The standard InChI is InChI=1S/C6H13BO2/c1-6(2)4-5-8-7(3)9-6/h4-5H2,1-3H3/q-1. The van der Waals surface area contributed by atoms with Gasteiger partial charge in [0.15, 0.2) is 0 Å². The van der Waals surface area contributed by atoms with Crippen LogP contribution in [0.2, 0.25) is 6.82 Å². The van der Waals surface area contributed by atoms with E-state index in [4.69, 9.17) is 9.31 Å². The first-order valence-electron chi connectivity index (χ1n) is 3.40. The summed E-state index contributed by atoms with van der Waals surface area (Å²) in [5, 5.41) is 0. The molecule has 1 aliphatic rings. The molecular formula is C6H13BO2-. The summed E-state index contributed by atoms with van der Waals surface area (Å²) in [4.78, 5) is 0. The van der Waals surface area contributed by atoms with Crippen LogP contribution in [0.15, 0.2) is 0 Å². The van der Waals surface area contributed by atoms with Gasteiger partial charge < -0.3 is 9.31 Å². The molecule has 0 bridgehead atoms. The third-order valence-corrected chi connectivity index (χ3v) is 1.54. The fraction of sp³-hybridized carbons (Fsp3) is 1.00. The van der Waals surface area contributed by atoms with Crippen molar-refractivity contribution in [3.05, 3.63) is 0 Å². The first kappa shape index (κ1) is 7.10. The van der Waals surface area contributed by atoms with Crippen molar-refractivity contribution in [1.29, 1.82) is 0 Å². The van der Waals surface area contributed by atoms with E-state index in [9.17, 15) is 0 Å². The minimum atomic E-state index is -0.0197. The predicted octanol–water partition coefficient (Wildman–Crippen LogP) is 1.32. The van der Waals surface area contributed by atoms with E-state index in [1.807, 2.05) is 6.82 Å². The quantitative estimate of drug-likeness (QED) is 0.458. The Labute approximate surface area is 56.7 Å². The summed E-state index contributed by atoms with van der Waals surface area (Å²) in [7, 11) is -0.0197. The van der Waals surface area contributed by atoms with E-state index in [1.165, 1.54) is 0 Å². The topological polar surface area (TPSA) is 18.5 Å². The van der Waals surface area contributed by atoms with Gasteiger partial charge in [-0.15, -0.1) is 0 Å². The second-order valence-electron chi connectivity index (χ2n) is 3.07. The van der Waals surface area contributed by atoms with Crippen molar-refractivity contribution >= 4 is 7.12 Å². The van der Waals surface area contributed by atoms with Crippen molar-refractivity contribution in [3.8, 4) is 0 Å². The summed E-state index contributed by atoms with van der Waals surface area (Å²) in [5.41, 5.74) is 0.0255. The normalized spacial score (nSPS) is 28.3. The third-order valence-electron chi connectivity index (χ3n) is 1.54. The number of hydrogen-bond acceptors (Lipinski definition) is 2. The van der Waals surface area contributed by atoms with Crippen LogP contribution in [0.4, 0.5) is 0 Å². The maximum atomic E-state index is 5.45. The summed E-state index contributed by atoms with van der Waals surface area (Å²) in [6.45, 7) is 6.94. The molecule has 1 fully saturated rings. The zero-order chi connectivity index (χ0) is 6.91. The van der Waals surface area contributed by atoms with Crippen LogP contribution in [0.3, 0.4) is 0 Å². The molecule has 1 radical (unpaired) electrons. The van der Waals surface area contributed by atoms with E-state index in [-0.39, 0.29) is 12.7 Å². The molecule has 0 atom stereocenters. The van der Waals surface area contributed by atoms with Gasteiger partial charge in [0.25, 0.3) is 0 Å². The molecule has 53 valence electrons. The molecule has 9 heavy (non-hydrogen) atoms. The molecule has 0 N–H and O–H groups in total. The first-order chi connectivity index (χ1) is 4.10. The third kappa shape index (κ3) is 1.99. The molecule has 1 heterocycles. The lowest BCUT2D eigenvalue weighted by molar-refractivity contribution is 0.00759. The highest BCUT2D eigenvalue weighted by Gasteiger charge is 2.19. The maximum absolute atomic E-state index is 5.45. The summed E-state index contributed by atoms with van der Waals surface area (Å²) in [6.07, 6.45) is 0.997. The first-order valence-corrected chi connectivity index (χ1v) is 3.40. The molecule has 0 spiro atoms. The van der Waals surface area contributed by atoms with Gasteiger partial charge in [-0.1, -0.05) is 0 Å². The van der Waals surface area contributed by atoms with E-state index in [0.717, 1.165) is 13.0 Å². The Kier molecular flexibility index (Phi) is 1.82. The molecule has 1 aliphatic heterocycles. The fourth-order valence-corrected chi connectivity index (χ4v) is 1.01. The monoisotopic (exact) mass is 128 g/mol. The van der Waals surface area contributed by atoms with Crippen LogP contribution in [0.1, 0.15) is 20.3 Å². The largest absolute Gasteiger partial charge is 0.590 e. The zero-order valence-corrected chi connectivity index (χ0v) is 6.31. The molecule has 2 nitrogen and oxygen atoms in total. The molecule has 0 aromatic carbocycles. The SMILES string of the molecule is C[B-]1OCCC(C)(C)O1. The lowest BCUT2D eigenvalue weighted by atomic mass is 9.88. The molecule has 1 saturated heterocycles. The Balaban J connectivity index is 2.41. The van der Waals surface area contributed by atoms with Gasteiger partial charge in [0, 0.05) is 12.2 Å². The Morgan fingerprint density at radius 3 is 2.44 bits per heavy atom. The van der Waals surface area contributed by atoms with Gasteiger partial charge in [0.05, 0.1) is 0 Å². The molecular weight excluding hydrogens is 115 g/mol. The Bertz CT molecular complexity index is 103. The highest BCUT2D eigenvalue weighted by molar-refractivity contribution is 6.42. The van der Waals surface area contributed by atoms with Crippen LogP contribution in [0.5, 0.6) is 0 Å². The summed E-state index contributed by atoms with van der Waals surface area (Å²) in [5.74, 6) is 0. The van der Waals surface area contributed by atoms with Crippen LogP contribution < -0.4 is 0 Å². The van der Waals surface area contributed by atoms with Crippen molar-refractivity contribution in [3.63, 3.8) is 0 Å². The Morgan fingerprint density at radius 1 is 1.44 bits per heavy atom. The Morgan fingerprint density at radius 2 is 2.11 bits per heavy atom. The minimum absolute atomic E-state index is 0.0197. The highest BCUT2D eigenvalue weighted by Crippen LogP contribution is 2.20. The van der Waals surface area contributed by atoms with Gasteiger partial charge in [-0.05, 0) is 20.3 Å². The smallest absolute Gasteiger partial charge is 0.136 e. The average molecular weight is 128 g/mol. The van der Waals surface area contributed by atoms with E-state index >= 15 is 0 Å². The van der Waals surface area contributed by atoms with E-state index in [0.29, 0.717) is 0 Å². The van der Waals surface area contributed by atoms with Crippen molar-refractivity contribution in [2.75, 3.05) is 6.61 Å². The van der Waals surface area contributed by atoms with Gasteiger partial charge >= 0.3 is 0 Å². The van der Waals surface area contributed by atoms with Crippen LogP contribution >= 0.6 is 0 Å². The van der Waals surface area contributed by atoms with Gasteiger partial charge in [0.2, 0.25) is 0 Å². The fourth-order valence-electron chi connectivity index (χ4n) is 1.01. The summed E-state index contributed by atoms with van der Waals surface area (Å²) in [6, 6.07) is 0. The van der Waals surface area contributed by atoms with Gasteiger partial charge in [-0.2, -0.15) is 6.82 Å². The average Bonchev–Trinajstić information content (AvgIpc) is 1.60. The maximum Gasteiger partial charge on any atom is 0.136 e. The number of rotatable bonds is 0. The summed E-state index contributed by atoms with van der Waals surface area (Å²) < 4.78 is 10.6. The second-order valence-corrected chi connectivity index (χ2v) is 3.07. The van der Waals surface area contributed by atoms with Gasteiger partial charge in [-0.3, -0.25) is 0 Å². The lowest BCUT2D eigenvalue weighted by Crippen LogP contribution is -2.40. The van der Waals surface area contributed by atoms with Crippen LogP contribution in [0, 0.1) is 0 Å². The molecule has 3 heteroatoms. The second kappa shape index (κ2) is 2.31. The van der Waals surface area contributed by atoms with E-state index in [2.05, 4.69) is 13.8 Å². The molecule has 0 aromatic heterocycles. The van der Waals surface area contributed by atoms with Crippen molar-refractivity contribution in [2.24, 2.45) is 0 Å². The van der Waals surface area contributed by atoms with Crippen molar-refractivity contribution in [2.45, 2.75) is 32.7 Å². The van der Waals surface area contributed by atoms with Crippen LogP contribution in [0.25, 0.3) is 0 Å². The predicted molar refractivity (Wildman–Crippen MR) is 37.4 cm³/mol. The molecule has 1 rings (SSSR count). The van der Waals surface area contributed by atoms with Crippen LogP contribution in [-0.2, 0) is 9.31 Å². The highest BCUT2D eigenvalue weighted by atomic mass is 16.6. The molecule has 0 amide bonds. The van der Waals surface area contributed by atoms with E-state index in [1.54, 1.807) is 0 Å². The Hall–Kier alpha value is -0.0151. The molecule has 0 aliphatic carbocycles. The zero-order valence-electron chi connectivity index (χ0n) is 6.31. The van der Waals surface area contributed by atoms with E-state index < -0.39 is 0 Å². The molecule has 0 saturated carbocycles. The van der Waals surface area contributed by atoms with Crippen molar-refractivity contribution < 1.29 is 9.31 Å². The summed E-state index contributed by atoms with van der Waals surface area (Å²) >= 11 is 0. The molecule has 0 aromatic rings. The van der Waals surface area contributed by atoms with Gasteiger partial charge in [-0.25, -0.2) is 0 Å². The minimum Gasteiger partial charge on any atom is -0.590 e. The molecule has 0 unspecified atom stereocenters.